The Bertz CT molecular complexity index is 978. The molecule has 0 saturated carbocycles. The van der Waals surface area contributed by atoms with E-state index in [1.54, 1.807) is 4.68 Å². The normalized spacial score (nSPS) is 12.7. The Balaban J connectivity index is 1.49. The van der Waals surface area contributed by atoms with Crippen molar-refractivity contribution in [2.45, 2.75) is 20.1 Å². The molecule has 6 nitrogen and oxygen atoms in total. The minimum atomic E-state index is 0.237. The fraction of sp³-hybridized carbons (Fsp3) is 0.263. The molecular weight excluding hydrogens is 350 g/mol. The summed E-state index contributed by atoms with van der Waals surface area (Å²) < 4.78 is 18.1. The molecule has 7 heteroatoms. The zero-order chi connectivity index (χ0) is 18.1. The van der Waals surface area contributed by atoms with Crippen LogP contribution in [-0.4, -0.2) is 28.5 Å². The predicted molar refractivity (Wildman–Crippen MR) is 99.5 cm³/mol. The molecule has 1 aromatic heterocycles. The summed E-state index contributed by atoms with van der Waals surface area (Å²) in [4.78, 5) is 2.47. The van der Waals surface area contributed by atoms with Crippen LogP contribution in [-0.2, 0) is 13.2 Å². The SMILES string of the molecule is Cc1ccc(CN(C)Cn2nc(-c3ccc4c(c3)OCO4)oc2=S)cc1. The van der Waals surface area contributed by atoms with Crippen molar-refractivity contribution in [1.82, 2.24) is 14.7 Å². The number of nitrogens with zero attached hydrogens (tertiary/aromatic N) is 3. The third kappa shape index (κ3) is 3.49. The molecule has 0 bridgehead atoms. The molecule has 0 saturated heterocycles. The van der Waals surface area contributed by atoms with Gasteiger partial charge in [-0.1, -0.05) is 29.8 Å². The maximum atomic E-state index is 5.67. The molecule has 0 radical (unpaired) electrons. The van der Waals surface area contributed by atoms with Crippen LogP contribution in [0.5, 0.6) is 11.5 Å². The largest absolute Gasteiger partial charge is 0.454 e. The fourth-order valence-corrected chi connectivity index (χ4v) is 3.00. The summed E-state index contributed by atoms with van der Waals surface area (Å²) in [5, 5.41) is 4.51. The summed E-state index contributed by atoms with van der Waals surface area (Å²) in [6, 6.07) is 14.1. The highest BCUT2D eigenvalue weighted by molar-refractivity contribution is 7.71. The third-order valence-electron chi connectivity index (χ3n) is 4.17. The van der Waals surface area contributed by atoms with Gasteiger partial charge in [-0.15, -0.1) is 5.10 Å². The molecule has 3 aromatic rings. The average Bonchev–Trinajstić information content (AvgIpc) is 3.23. The topological polar surface area (TPSA) is 52.7 Å². The van der Waals surface area contributed by atoms with Gasteiger partial charge in [-0.25, -0.2) is 4.68 Å². The zero-order valence-corrected chi connectivity index (χ0v) is 15.5. The van der Waals surface area contributed by atoms with Crippen molar-refractivity contribution >= 4 is 12.2 Å². The molecule has 26 heavy (non-hydrogen) atoms. The van der Waals surface area contributed by atoms with Gasteiger partial charge in [-0.3, -0.25) is 4.90 Å². The zero-order valence-electron chi connectivity index (χ0n) is 14.6. The molecule has 0 aliphatic carbocycles. The molecule has 4 rings (SSSR count). The Labute approximate surface area is 156 Å². The lowest BCUT2D eigenvalue weighted by molar-refractivity contribution is 0.174. The van der Waals surface area contributed by atoms with Crippen LogP contribution >= 0.6 is 12.2 Å². The maximum absolute atomic E-state index is 5.67. The smallest absolute Gasteiger partial charge is 0.288 e. The van der Waals surface area contributed by atoms with Crippen LogP contribution < -0.4 is 9.47 Å². The highest BCUT2D eigenvalue weighted by Crippen LogP contribution is 2.35. The van der Waals surface area contributed by atoms with E-state index in [-0.39, 0.29) is 6.79 Å². The van der Waals surface area contributed by atoms with Gasteiger partial charge in [0.2, 0.25) is 12.7 Å². The van der Waals surface area contributed by atoms with Crippen LogP contribution in [0.1, 0.15) is 11.1 Å². The molecule has 1 aliphatic rings. The molecule has 0 unspecified atom stereocenters. The fourth-order valence-electron chi connectivity index (χ4n) is 2.83. The quantitative estimate of drug-likeness (QED) is 0.634. The lowest BCUT2D eigenvalue weighted by Gasteiger charge is -2.16. The van der Waals surface area contributed by atoms with Gasteiger partial charge in [0, 0.05) is 12.1 Å². The van der Waals surface area contributed by atoms with Crippen molar-refractivity contribution in [3.8, 4) is 23.0 Å². The van der Waals surface area contributed by atoms with Gasteiger partial charge in [0.15, 0.2) is 11.5 Å². The van der Waals surface area contributed by atoms with E-state index in [0.29, 0.717) is 23.1 Å². The van der Waals surface area contributed by atoms with Crippen molar-refractivity contribution < 1.29 is 13.9 Å². The number of aromatic nitrogens is 2. The van der Waals surface area contributed by atoms with E-state index < -0.39 is 0 Å². The molecule has 2 aromatic carbocycles. The number of ether oxygens (including phenoxy) is 2. The Kier molecular flexibility index (Phi) is 4.48. The minimum absolute atomic E-state index is 0.237. The van der Waals surface area contributed by atoms with Crippen LogP contribution in [0.2, 0.25) is 0 Å². The highest BCUT2D eigenvalue weighted by Gasteiger charge is 2.17. The number of aryl methyl sites for hydroxylation is 1. The van der Waals surface area contributed by atoms with Crippen LogP contribution in [0.3, 0.4) is 0 Å². The maximum Gasteiger partial charge on any atom is 0.288 e. The second kappa shape index (κ2) is 6.93. The molecule has 0 spiro atoms. The first kappa shape index (κ1) is 16.8. The van der Waals surface area contributed by atoms with Gasteiger partial charge >= 0.3 is 0 Å². The summed E-state index contributed by atoms with van der Waals surface area (Å²) in [7, 11) is 2.02. The van der Waals surface area contributed by atoms with Gasteiger partial charge in [0.1, 0.15) is 0 Å². The van der Waals surface area contributed by atoms with E-state index in [2.05, 4.69) is 41.2 Å². The Morgan fingerprint density at radius 1 is 1.12 bits per heavy atom. The van der Waals surface area contributed by atoms with E-state index in [9.17, 15) is 0 Å². The number of rotatable bonds is 5. The number of benzene rings is 2. The Morgan fingerprint density at radius 3 is 2.69 bits per heavy atom. The first-order valence-corrected chi connectivity index (χ1v) is 8.71. The molecule has 2 heterocycles. The summed E-state index contributed by atoms with van der Waals surface area (Å²) in [6.45, 7) is 3.66. The Hall–Kier alpha value is -2.64. The third-order valence-corrected chi connectivity index (χ3v) is 4.47. The lowest BCUT2D eigenvalue weighted by atomic mass is 10.1. The van der Waals surface area contributed by atoms with E-state index >= 15 is 0 Å². The van der Waals surface area contributed by atoms with Gasteiger partial charge in [0.25, 0.3) is 4.84 Å². The molecule has 0 fully saturated rings. The summed E-state index contributed by atoms with van der Waals surface area (Å²) >= 11 is 5.32. The number of fused-ring (bicyclic) bond motifs is 1. The van der Waals surface area contributed by atoms with Crippen LogP contribution in [0.25, 0.3) is 11.5 Å². The minimum Gasteiger partial charge on any atom is -0.454 e. The highest BCUT2D eigenvalue weighted by atomic mass is 32.1. The van der Waals surface area contributed by atoms with Crippen LogP contribution in [0, 0.1) is 11.8 Å². The monoisotopic (exact) mass is 369 g/mol. The summed E-state index contributed by atoms with van der Waals surface area (Å²) in [5.41, 5.74) is 3.30. The predicted octanol–water partition coefficient (Wildman–Crippen LogP) is 4.00. The lowest BCUT2D eigenvalue weighted by Crippen LogP contribution is -2.22. The van der Waals surface area contributed by atoms with Crippen molar-refractivity contribution in [2.24, 2.45) is 0 Å². The molecule has 1 aliphatic heterocycles. The molecule has 0 N–H and O–H groups in total. The second-order valence-corrected chi connectivity index (χ2v) is 6.73. The van der Waals surface area contributed by atoms with Crippen LogP contribution in [0.4, 0.5) is 0 Å². The molecule has 134 valence electrons. The van der Waals surface area contributed by atoms with E-state index in [0.717, 1.165) is 17.9 Å². The molecule has 0 amide bonds. The van der Waals surface area contributed by atoms with Gasteiger partial charge in [-0.2, -0.15) is 0 Å². The second-order valence-electron chi connectivity index (χ2n) is 6.38. The van der Waals surface area contributed by atoms with Gasteiger partial charge in [-0.05, 0) is 50.0 Å². The van der Waals surface area contributed by atoms with E-state index in [1.165, 1.54) is 11.1 Å². The van der Waals surface area contributed by atoms with Gasteiger partial charge < -0.3 is 13.9 Å². The number of hydrogen-bond acceptors (Lipinski definition) is 6. The Morgan fingerprint density at radius 2 is 1.88 bits per heavy atom. The van der Waals surface area contributed by atoms with E-state index in [4.69, 9.17) is 26.1 Å². The summed E-state index contributed by atoms with van der Waals surface area (Å²) in [6.07, 6.45) is 0. The number of hydrogen-bond donors (Lipinski definition) is 0. The van der Waals surface area contributed by atoms with E-state index in [1.807, 2.05) is 25.2 Å². The van der Waals surface area contributed by atoms with Crippen LogP contribution in [0.15, 0.2) is 46.9 Å². The summed E-state index contributed by atoms with van der Waals surface area (Å²) in [5.74, 6) is 1.89. The van der Waals surface area contributed by atoms with Crippen molar-refractivity contribution in [2.75, 3.05) is 13.8 Å². The average molecular weight is 369 g/mol. The van der Waals surface area contributed by atoms with Gasteiger partial charge in [0.05, 0.1) is 6.67 Å². The molecule has 0 atom stereocenters. The van der Waals surface area contributed by atoms with Crippen molar-refractivity contribution in [3.05, 3.63) is 58.4 Å². The first-order chi connectivity index (χ1) is 12.6. The van der Waals surface area contributed by atoms with Crippen molar-refractivity contribution in [1.29, 1.82) is 0 Å². The molecular formula is C19H19N3O3S. The standard InChI is InChI=1S/C19H19N3O3S/c1-13-3-5-14(6-4-13)10-21(2)11-22-19(26)25-18(20-22)15-7-8-16-17(9-15)24-12-23-16/h3-9H,10-12H2,1-2H3. The first-order valence-electron chi connectivity index (χ1n) is 8.30. The van der Waals surface area contributed by atoms with Crippen molar-refractivity contribution in [3.63, 3.8) is 0 Å².